The summed E-state index contributed by atoms with van der Waals surface area (Å²) in [5.74, 6) is -0.854. The molecular formula is C22H24BrN3O5. The molecule has 1 aliphatic rings. The first-order valence-electron chi connectivity index (χ1n) is 9.84. The van der Waals surface area contributed by atoms with Crippen LogP contribution in [0.2, 0.25) is 0 Å². The fraction of sp³-hybridized carbons (Fsp3) is 0.318. The third kappa shape index (κ3) is 6.80. The largest absolute Gasteiger partial charge is 0.445 e. The Morgan fingerprint density at radius 1 is 1.06 bits per heavy atom. The lowest BCUT2D eigenvalue weighted by Gasteiger charge is -2.37. The molecule has 0 aromatic heterocycles. The number of alkyl carbamates (subject to hydrolysis) is 1. The van der Waals surface area contributed by atoms with Crippen LogP contribution in [0, 0.1) is 0 Å². The first-order chi connectivity index (χ1) is 14.9. The predicted molar refractivity (Wildman–Crippen MR) is 117 cm³/mol. The normalized spacial score (nSPS) is 19.4. The molecule has 2 aromatic carbocycles. The van der Waals surface area contributed by atoms with E-state index in [9.17, 15) is 14.4 Å². The van der Waals surface area contributed by atoms with Crippen molar-refractivity contribution < 1.29 is 23.9 Å². The highest BCUT2D eigenvalue weighted by molar-refractivity contribution is 9.09. The number of nitrogens with one attached hydrogen (secondary N) is 3. The minimum absolute atomic E-state index is 0.0798. The molecule has 1 saturated heterocycles. The standard InChI is InChI=1S/C22H24BrN3O5/c1-14(23)31-21-18(20(28)26-21)25-19(27)17(12-15-8-4-2-5-9-15)24-22(29)30-13-16-10-6-3-7-11-16/h2-11,14,17-18,21H,12-13H2,1H3,(H,24,29)(H,25,27)(H,26,28)/t14?,17-,18+,21-/m0/s1. The van der Waals surface area contributed by atoms with E-state index in [1.807, 2.05) is 60.7 Å². The third-order valence-corrected chi connectivity index (χ3v) is 4.82. The molecule has 1 heterocycles. The number of hydrogen-bond donors (Lipinski definition) is 3. The number of alkyl halides is 1. The minimum atomic E-state index is -0.930. The molecule has 9 heteroatoms. The summed E-state index contributed by atoms with van der Waals surface area (Å²) in [6, 6.07) is 16.7. The van der Waals surface area contributed by atoms with Gasteiger partial charge in [0, 0.05) is 6.42 Å². The summed E-state index contributed by atoms with van der Waals surface area (Å²) < 4.78 is 10.7. The van der Waals surface area contributed by atoms with Crippen molar-refractivity contribution in [2.75, 3.05) is 0 Å². The van der Waals surface area contributed by atoms with Gasteiger partial charge < -0.3 is 25.4 Å². The van der Waals surface area contributed by atoms with Gasteiger partial charge in [-0.25, -0.2) is 4.79 Å². The second kappa shape index (κ2) is 10.9. The van der Waals surface area contributed by atoms with Gasteiger partial charge in [0.25, 0.3) is 0 Å². The molecule has 0 radical (unpaired) electrons. The molecule has 31 heavy (non-hydrogen) atoms. The van der Waals surface area contributed by atoms with Gasteiger partial charge in [-0.2, -0.15) is 0 Å². The second-order valence-corrected chi connectivity index (χ2v) is 8.33. The van der Waals surface area contributed by atoms with Crippen LogP contribution in [0.1, 0.15) is 18.1 Å². The van der Waals surface area contributed by atoms with Gasteiger partial charge >= 0.3 is 6.09 Å². The molecule has 0 saturated carbocycles. The van der Waals surface area contributed by atoms with Crippen molar-refractivity contribution in [3.05, 3.63) is 71.8 Å². The number of rotatable bonds is 9. The maximum absolute atomic E-state index is 12.9. The van der Waals surface area contributed by atoms with Crippen molar-refractivity contribution >= 4 is 33.8 Å². The first kappa shape index (κ1) is 22.8. The Kier molecular flexibility index (Phi) is 8.02. The Balaban J connectivity index is 1.63. The monoisotopic (exact) mass is 489 g/mol. The number of amides is 3. The highest BCUT2D eigenvalue weighted by Crippen LogP contribution is 2.14. The zero-order valence-corrected chi connectivity index (χ0v) is 18.5. The van der Waals surface area contributed by atoms with Crippen LogP contribution in [0.15, 0.2) is 60.7 Å². The Labute approximate surface area is 188 Å². The summed E-state index contributed by atoms with van der Waals surface area (Å²) in [4.78, 5) is 37.1. The third-order valence-electron chi connectivity index (χ3n) is 4.61. The highest BCUT2D eigenvalue weighted by atomic mass is 79.9. The number of β-lactam (4-membered cyclic amide) rings is 1. The SMILES string of the molecule is CC(Br)O[C@@H]1NC(=O)[C@H]1NC(=O)[C@H](Cc1ccccc1)NC(=O)OCc1ccccc1. The van der Waals surface area contributed by atoms with Crippen LogP contribution in [0.3, 0.4) is 0 Å². The summed E-state index contributed by atoms with van der Waals surface area (Å²) in [6.45, 7) is 1.84. The number of hydrogen-bond acceptors (Lipinski definition) is 5. The van der Waals surface area contributed by atoms with E-state index >= 15 is 0 Å². The van der Waals surface area contributed by atoms with Gasteiger partial charge in [0.2, 0.25) is 11.8 Å². The smallest absolute Gasteiger partial charge is 0.408 e. The molecule has 0 aliphatic carbocycles. The minimum Gasteiger partial charge on any atom is -0.445 e. The van der Waals surface area contributed by atoms with E-state index in [2.05, 4.69) is 31.9 Å². The van der Waals surface area contributed by atoms with E-state index in [1.165, 1.54) is 0 Å². The predicted octanol–water partition coefficient (Wildman–Crippen LogP) is 2.22. The van der Waals surface area contributed by atoms with Gasteiger partial charge in [-0.15, -0.1) is 0 Å². The quantitative estimate of drug-likeness (QED) is 0.369. The molecule has 2 aromatic rings. The van der Waals surface area contributed by atoms with Gasteiger partial charge in [-0.1, -0.05) is 76.6 Å². The zero-order chi connectivity index (χ0) is 22.2. The van der Waals surface area contributed by atoms with Crippen LogP contribution >= 0.6 is 15.9 Å². The van der Waals surface area contributed by atoms with Crippen LogP contribution in [-0.4, -0.2) is 41.2 Å². The van der Waals surface area contributed by atoms with E-state index < -0.39 is 30.3 Å². The first-order valence-corrected chi connectivity index (χ1v) is 10.8. The van der Waals surface area contributed by atoms with Crippen molar-refractivity contribution in [1.82, 2.24) is 16.0 Å². The highest BCUT2D eigenvalue weighted by Gasteiger charge is 2.43. The van der Waals surface area contributed by atoms with Gasteiger partial charge in [0.1, 0.15) is 17.7 Å². The Bertz CT molecular complexity index is 895. The van der Waals surface area contributed by atoms with E-state index in [4.69, 9.17) is 9.47 Å². The van der Waals surface area contributed by atoms with Crippen molar-refractivity contribution in [2.24, 2.45) is 0 Å². The van der Waals surface area contributed by atoms with Gasteiger partial charge in [-0.3, -0.25) is 9.59 Å². The number of carbonyl (C=O) groups is 3. The molecule has 3 amide bonds. The van der Waals surface area contributed by atoms with E-state index in [0.29, 0.717) is 0 Å². The fourth-order valence-corrected chi connectivity index (χ4v) is 3.26. The van der Waals surface area contributed by atoms with Crippen LogP contribution < -0.4 is 16.0 Å². The van der Waals surface area contributed by atoms with E-state index in [-0.39, 0.29) is 23.9 Å². The van der Waals surface area contributed by atoms with Crippen LogP contribution in [0.5, 0.6) is 0 Å². The maximum Gasteiger partial charge on any atom is 0.408 e. The number of halogens is 1. The molecule has 1 fully saturated rings. The van der Waals surface area contributed by atoms with Gasteiger partial charge in [0.15, 0.2) is 12.3 Å². The lowest BCUT2D eigenvalue weighted by molar-refractivity contribution is -0.151. The topological polar surface area (TPSA) is 106 Å². The molecule has 0 spiro atoms. The molecule has 164 valence electrons. The lowest BCUT2D eigenvalue weighted by Crippen LogP contribution is -2.71. The molecule has 1 aliphatic heterocycles. The van der Waals surface area contributed by atoms with Gasteiger partial charge in [-0.05, 0) is 18.1 Å². The van der Waals surface area contributed by atoms with Crippen molar-refractivity contribution in [3.63, 3.8) is 0 Å². The second-order valence-electron chi connectivity index (χ2n) is 7.04. The molecule has 1 unspecified atom stereocenters. The fourth-order valence-electron chi connectivity index (χ4n) is 3.03. The summed E-state index contributed by atoms with van der Waals surface area (Å²) in [5.41, 5.74) is 1.68. The summed E-state index contributed by atoms with van der Waals surface area (Å²) >= 11 is 3.25. The Morgan fingerprint density at radius 2 is 1.68 bits per heavy atom. The molecule has 4 atom stereocenters. The zero-order valence-electron chi connectivity index (χ0n) is 16.9. The van der Waals surface area contributed by atoms with Crippen molar-refractivity contribution in [3.8, 4) is 0 Å². The van der Waals surface area contributed by atoms with E-state index in [0.717, 1.165) is 11.1 Å². The van der Waals surface area contributed by atoms with Gasteiger partial charge in [0.05, 0.1) is 0 Å². The van der Waals surface area contributed by atoms with Crippen LogP contribution in [0.4, 0.5) is 4.79 Å². The van der Waals surface area contributed by atoms with Crippen molar-refractivity contribution in [2.45, 2.75) is 43.3 Å². The Hall–Kier alpha value is -2.91. The summed E-state index contributed by atoms with van der Waals surface area (Å²) in [7, 11) is 0. The van der Waals surface area contributed by atoms with Crippen molar-refractivity contribution in [1.29, 1.82) is 0 Å². The van der Waals surface area contributed by atoms with Crippen LogP contribution in [0.25, 0.3) is 0 Å². The maximum atomic E-state index is 12.9. The molecular weight excluding hydrogens is 466 g/mol. The van der Waals surface area contributed by atoms with Crippen LogP contribution in [-0.2, 0) is 32.1 Å². The lowest BCUT2D eigenvalue weighted by atomic mass is 10.0. The molecule has 3 N–H and O–H groups in total. The average Bonchev–Trinajstić information content (AvgIpc) is 2.76. The summed E-state index contributed by atoms with van der Waals surface area (Å²) in [6.07, 6.45) is -1.13. The molecule has 0 bridgehead atoms. The molecule has 3 rings (SSSR count). The van der Waals surface area contributed by atoms with E-state index in [1.54, 1.807) is 6.92 Å². The number of ether oxygens (including phenoxy) is 2. The average molecular weight is 490 g/mol. The molecule has 8 nitrogen and oxygen atoms in total. The number of benzene rings is 2. The number of carbonyl (C=O) groups excluding carboxylic acids is 3. The Morgan fingerprint density at radius 3 is 2.26 bits per heavy atom. The summed E-state index contributed by atoms with van der Waals surface area (Å²) in [5, 5.41) is 7.54.